The van der Waals surface area contributed by atoms with Crippen LogP contribution in [0.15, 0.2) is 0 Å². The lowest BCUT2D eigenvalue weighted by Crippen LogP contribution is -2.41. The molecule has 17 heavy (non-hydrogen) atoms. The van der Waals surface area contributed by atoms with Gasteiger partial charge in [0, 0.05) is 13.0 Å². The average molecular weight is 234 g/mol. The summed E-state index contributed by atoms with van der Waals surface area (Å²) in [4.78, 5) is 0. The number of rotatable bonds is 1. The lowest BCUT2D eigenvalue weighted by molar-refractivity contribution is 0.276. The Morgan fingerprint density at radius 2 is 1.71 bits per heavy atom. The molecule has 1 aromatic heterocycles. The van der Waals surface area contributed by atoms with Crippen molar-refractivity contribution in [3.63, 3.8) is 0 Å². The molecule has 1 saturated carbocycles. The monoisotopic (exact) mass is 234 g/mol. The summed E-state index contributed by atoms with van der Waals surface area (Å²) < 4.78 is 2.32. The van der Waals surface area contributed by atoms with Crippen LogP contribution in [0.2, 0.25) is 0 Å². The maximum absolute atomic E-state index is 6.58. The molecule has 2 heterocycles. The molecule has 94 valence electrons. The highest BCUT2D eigenvalue weighted by Crippen LogP contribution is 2.34. The molecule has 1 aliphatic carbocycles. The van der Waals surface area contributed by atoms with E-state index >= 15 is 0 Å². The van der Waals surface area contributed by atoms with Gasteiger partial charge in [0.2, 0.25) is 0 Å². The van der Waals surface area contributed by atoms with Gasteiger partial charge in [-0.05, 0) is 25.7 Å². The number of hydrogen-bond donors (Lipinski definition) is 1. The van der Waals surface area contributed by atoms with Crippen LogP contribution in [-0.2, 0) is 18.5 Å². The summed E-state index contributed by atoms with van der Waals surface area (Å²) in [6, 6.07) is 0. The van der Waals surface area contributed by atoms with Crippen molar-refractivity contribution in [1.82, 2.24) is 14.8 Å². The Balaban J connectivity index is 1.94. The molecule has 0 saturated heterocycles. The van der Waals surface area contributed by atoms with Gasteiger partial charge in [0.05, 0.1) is 5.54 Å². The van der Waals surface area contributed by atoms with E-state index in [-0.39, 0.29) is 5.54 Å². The molecule has 0 amide bonds. The van der Waals surface area contributed by atoms with Gasteiger partial charge >= 0.3 is 0 Å². The lowest BCUT2D eigenvalue weighted by atomic mass is 9.82. The highest BCUT2D eigenvalue weighted by molar-refractivity contribution is 5.10. The van der Waals surface area contributed by atoms with Crippen molar-refractivity contribution in [2.45, 2.75) is 69.9 Å². The van der Waals surface area contributed by atoms with Crippen LogP contribution in [0.4, 0.5) is 0 Å². The van der Waals surface area contributed by atoms with Crippen LogP contribution in [0, 0.1) is 0 Å². The Hall–Kier alpha value is -0.900. The first kappa shape index (κ1) is 11.2. The molecule has 0 radical (unpaired) electrons. The summed E-state index contributed by atoms with van der Waals surface area (Å²) in [6.45, 7) is 1.07. The maximum Gasteiger partial charge on any atom is 0.153 e. The van der Waals surface area contributed by atoms with E-state index in [9.17, 15) is 0 Å². The van der Waals surface area contributed by atoms with Crippen molar-refractivity contribution < 1.29 is 0 Å². The van der Waals surface area contributed by atoms with Crippen LogP contribution in [-0.4, -0.2) is 14.8 Å². The first-order valence-corrected chi connectivity index (χ1v) is 7.01. The molecule has 2 aliphatic rings. The number of aryl methyl sites for hydroxylation is 1. The normalized spacial score (nSPS) is 24.1. The minimum Gasteiger partial charge on any atom is -0.319 e. The van der Waals surface area contributed by atoms with Crippen molar-refractivity contribution in [2.75, 3.05) is 0 Å². The summed E-state index contributed by atoms with van der Waals surface area (Å²) in [5.41, 5.74) is 6.38. The Kier molecular flexibility index (Phi) is 2.90. The second kappa shape index (κ2) is 4.41. The molecule has 1 aliphatic heterocycles. The summed E-state index contributed by atoms with van der Waals surface area (Å²) in [5.74, 6) is 2.22. The van der Waals surface area contributed by atoms with Crippen LogP contribution >= 0.6 is 0 Å². The number of hydrogen-bond acceptors (Lipinski definition) is 3. The van der Waals surface area contributed by atoms with Crippen molar-refractivity contribution in [2.24, 2.45) is 5.73 Å². The third-order valence-electron chi connectivity index (χ3n) is 4.30. The van der Waals surface area contributed by atoms with E-state index < -0.39 is 0 Å². The molecule has 3 rings (SSSR count). The van der Waals surface area contributed by atoms with Crippen LogP contribution in [0.1, 0.15) is 63.0 Å². The van der Waals surface area contributed by atoms with Crippen molar-refractivity contribution in [1.29, 1.82) is 0 Å². The number of aromatic nitrogens is 3. The molecule has 0 atom stereocenters. The average Bonchev–Trinajstić information content (AvgIpc) is 2.61. The van der Waals surface area contributed by atoms with Gasteiger partial charge in [-0.2, -0.15) is 0 Å². The fraction of sp³-hybridized carbons (Fsp3) is 0.846. The van der Waals surface area contributed by atoms with Crippen molar-refractivity contribution >= 4 is 0 Å². The van der Waals surface area contributed by atoms with Crippen LogP contribution in [0.5, 0.6) is 0 Å². The van der Waals surface area contributed by atoms with E-state index in [4.69, 9.17) is 5.73 Å². The van der Waals surface area contributed by atoms with E-state index in [1.807, 2.05) is 0 Å². The van der Waals surface area contributed by atoms with Crippen LogP contribution < -0.4 is 5.73 Å². The summed E-state index contributed by atoms with van der Waals surface area (Å²) in [5, 5.41) is 8.79. The van der Waals surface area contributed by atoms with E-state index in [0.29, 0.717) is 0 Å². The summed E-state index contributed by atoms with van der Waals surface area (Å²) in [6.07, 6.45) is 10.8. The molecule has 0 bridgehead atoms. The van der Waals surface area contributed by atoms with Crippen LogP contribution in [0.25, 0.3) is 0 Å². The Morgan fingerprint density at radius 1 is 0.941 bits per heavy atom. The van der Waals surface area contributed by atoms with E-state index in [1.54, 1.807) is 0 Å². The standard InChI is InChI=1S/C13H22N4/c14-13(8-4-2-5-9-13)12-16-15-11-7-3-1-6-10-17(11)12/h1-10,14H2. The predicted octanol–water partition coefficient (Wildman–Crippen LogP) is 2.12. The molecule has 1 aromatic rings. The van der Waals surface area contributed by atoms with E-state index in [1.165, 1.54) is 38.5 Å². The zero-order valence-corrected chi connectivity index (χ0v) is 10.5. The first-order chi connectivity index (χ1) is 8.30. The van der Waals surface area contributed by atoms with Gasteiger partial charge in [0.25, 0.3) is 0 Å². The fourth-order valence-corrected chi connectivity index (χ4v) is 3.26. The molecular formula is C13H22N4. The van der Waals surface area contributed by atoms with Gasteiger partial charge in [0.1, 0.15) is 5.82 Å². The molecular weight excluding hydrogens is 212 g/mol. The largest absolute Gasteiger partial charge is 0.319 e. The van der Waals surface area contributed by atoms with Gasteiger partial charge in [-0.15, -0.1) is 10.2 Å². The second-order valence-electron chi connectivity index (χ2n) is 5.62. The fourth-order valence-electron chi connectivity index (χ4n) is 3.26. The molecule has 4 nitrogen and oxygen atoms in total. The number of nitrogens with zero attached hydrogens (tertiary/aromatic N) is 3. The Bertz CT molecular complexity index is 390. The highest BCUT2D eigenvalue weighted by atomic mass is 15.3. The van der Waals surface area contributed by atoms with Gasteiger partial charge in [-0.25, -0.2) is 0 Å². The molecule has 0 spiro atoms. The minimum atomic E-state index is -0.201. The summed E-state index contributed by atoms with van der Waals surface area (Å²) in [7, 11) is 0. The number of fused-ring (bicyclic) bond motifs is 1. The Labute approximate surface area is 103 Å². The van der Waals surface area contributed by atoms with Gasteiger partial charge in [0.15, 0.2) is 5.82 Å². The molecule has 1 fully saturated rings. The van der Waals surface area contributed by atoms with Gasteiger partial charge < -0.3 is 10.3 Å². The van der Waals surface area contributed by atoms with Gasteiger partial charge in [-0.3, -0.25) is 0 Å². The number of nitrogens with two attached hydrogens (primary N) is 1. The molecule has 4 heteroatoms. The molecule has 0 aromatic carbocycles. The topological polar surface area (TPSA) is 56.7 Å². The quantitative estimate of drug-likeness (QED) is 0.809. The molecule has 2 N–H and O–H groups in total. The van der Waals surface area contributed by atoms with E-state index in [0.717, 1.165) is 37.5 Å². The summed E-state index contributed by atoms with van der Waals surface area (Å²) >= 11 is 0. The Morgan fingerprint density at radius 3 is 2.53 bits per heavy atom. The van der Waals surface area contributed by atoms with Crippen LogP contribution in [0.3, 0.4) is 0 Å². The zero-order chi connectivity index (χ0) is 11.7. The minimum absolute atomic E-state index is 0.201. The van der Waals surface area contributed by atoms with Crippen molar-refractivity contribution in [3.8, 4) is 0 Å². The van der Waals surface area contributed by atoms with E-state index in [2.05, 4.69) is 14.8 Å². The SMILES string of the molecule is NC1(c2nnc3n2CCCCC3)CCCCC1. The predicted molar refractivity (Wildman–Crippen MR) is 66.5 cm³/mol. The third kappa shape index (κ3) is 1.99. The lowest BCUT2D eigenvalue weighted by Gasteiger charge is -2.32. The first-order valence-electron chi connectivity index (χ1n) is 7.01. The highest BCUT2D eigenvalue weighted by Gasteiger charge is 2.35. The second-order valence-corrected chi connectivity index (χ2v) is 5.62. The van der Waals surface area contributed by atoms with Crippen molar-refractivity contribution in [3.05, 3.63) is 11.6 Å². The smallest absolute Gasteiger partial charge is 0.153 e. The maximum atomic E-state index is 6.58. The van der Waals surface area contributed by atoms with Gasteiger partial charge in [-0.1, -0.05) is 25.7 Å². The zero-order valence-electron chi connectivity index (χ0n) is 10.5. The third-order valence-corrected chi connectivity index (χ3v) is 4.30. The molecule has 0 unspecified atom stereocenters.